The van der Waals surface area contributed by atoms with E-state index in [1.807, 2.05) is 13.8 Å². The van der Waals surface area contributed by atoms with E-state index in [1.165, 1.54) is 10.4 Å². The van der Waals surface area contributed by atoms with Gasteiger partial charge >= 0.3 is 0 Å². The summed E-state index contributed by atoms with van der Waals surface area (Å²) in [5.74, 6) is 0. The lowest BCUT2D eigenvalue weighted by molar-refractivity contribution is -0.0440. The van der Waals surface area contributed by atoms with Crippen LogP contribution in [0.4, 0.5) is 0 Å². The zero-order chi connectivity index (χ0) is 15.1. The lowest BCUT2D eigenvalue weighted by atomic mass is 10.2. The summed E-state index contributed by atoms with van der Waals surface area (Å²) in [6.07, 6.45) is -0.256. The average molecular weight is 338 g/mol. The van der Waals surface area contributed by atoms with Gasteiger partial charge in [0.1, 0.15) is 0 Å². The van der Waals surface area contributed by atoms with Crippen molar-refractivity contribution in [3.63, 3.8) is 0 Å². The van der Waals surface area contributed by atoms with Crippen LogP contribution in [0.2, 0.25) is 10.0 Å². The molecule has 0 amide bonds. The zero-order valence-electron chi connectivity index (χ0n) is 11.6. The van der Waals surface area contributed by atoms with Gasteiger partial charge in [0.25, 0.3) is 0 Å². The first-order chi connectivity index (χ1) is 9.21. The summed E-state index contributed by atoms with van der Waals surface area (Å²) in [4.78, 5) is 0.202. The van der Waals surface area contributed by atoms with Crippen LogP contribution < -0.4 is 0 Å². The molecule has 2 atom stereocenters. The Labute approximate surface area is 129 Å². The van der Waals surface area contributed by atoms with Crippen molar-refractivity contribution in [2.75, 3.05) is 13.1 Å². The van der Waals surface area contributed by atoms with Gasteiger partial charge in [-0.05, 0) is 38.5 Å². The van der Waals surface area contributed by atoms with Gasteiger partial charge < -0.3 is 4.74 Å². The molecule has 112 valence electrons. The van der Waals surface area contributed by atoms with E-state index in [4.69, 9.17) is 27.9 Å². The van der Waals surface area contributed by atoms with Crippen molar-refractivity contribution in [1.29, 1.82) is 0 Å². The smallest absolute Gasteiger partial charge is 0.243 e. The number of hydrogen-bond donors (Lipinski definition) is 0. The second-order valence-electron chi connectivity index (χ2n) is 5.11. The van der Waals surface area contributed by atoms with Gasteiger partial charge in [0.2, 0.25) is 10.0 Å². The van der Waals surface area contributed by atoms with Crippen molar-refractivity contribution in [2.45, 2.75) is 37.9 Å². The highest BCUT2D eigenvalue weighted by atomic mass is 35.5. The largest absolute Gasteiger partial charge is 0.373 e. The first kappa shape index (κ1) is 16.0. The Kier molecular flexibility index (Phi) is 4.66. The summed E-state index contributed by atoms with van der Waals surface area (Å²) >= 11 is 11.9. The highest BCUT2D eigenvalue weighted by Gasteiger charge is 2.33. The molecule has 20 heavy (non-hydrogen) atoms. The molecule has 1 heterocycles. The van der Waals surface area contributed by atoms with Crippen LogP contribution >= 0.6 is 23.2 Å². The summed E-state index contributed by atoms with van der Waals surface area (Å²) in [5.41, 5.74) is 0.589. The van der Waals surface area contributed by atoms with Crippen LogP contribution in [-0.2, 0) is 14.8 Å². The third-order valence-electron chi connectivity index (χ3n) is 3.22. The normalized spacial score (nSPS) is 24.9. The summed E-state index contributed by atoms with van der Waals surface area (Å²) in [6.45, 7) is 6.11. The summed E-state index contributed by atoms with van der Waals surface area (Å²) < 4.78 is 32.5. The standard InChI is InChI=1S/C13H17Cl2NO3S/c1-8-4-11(14)12(15)5-13(8)20(17,18)16-6-9(2)19-10(3)7-16/h4-5,9-10H,6-7H2,1-3H3/t9-,10+. The molecule has 1 saturated heterocycles. The van der Waals surface area contributed by atoms with Crippen LogP contribution in [0, 0.1) is 6.92 Å². The maximum Gasteiger partial charge on any atom is 0.243 e. The monoisotopic (exact) mass is 337 g/mol. The Morgan fingerprint density at radius 2 is 1.65 bits per heavy atom. The van der Waals surface area contributed by atoms with Gasteiger partial charge in [0.15, 0.2) is 0 Å². The Hall–Kier alpha value is -0.330. The van der Waals surface area contributed by atoms with Crippen LogP contribution in [0.3, 0.4) is 0 Å². The molecule has 1 aliphatic rings. The second-order valence-corrected chi connectivity index (χ2v) is 7.83. The van der Waals surface area contributed by atoms with Crippen molar-refractivity contribution < 1.29 is 13.2 Å². The molecular weight excluding hydrogens is 321 g/mol. The molecule has 1 aromatic rings. The van der Waals surface area contributed by atoms with E-state index in [0.29, 0.717) is 23.7 Å². The Balaban J connectivity index is 2.42. The van der Waals surface area contributed by atoms with Crippen molar-refractivity contribution in [3.8, 4) is 0 Å². The van der Waals surface area contributed by atoms with E-state index in [-0.39, 0.29) is 22.1 Å². The van der Waals surface area contributed by atoms with Crippen LogP contribution in [0.5, 0.6) is 0 Å². The number of rotatable bonds is 2. The first-order valence-corrected chi connectivity index (χ1v) is 8.52. The minimum Gasteiger partial charge on any atom is -0.373 e. The van der Waals surface area contributed by atoms with Crippen molar-refractivity contribution in [3.05, 3.63) is 27.7 Å². The van der Waals surface area contributed by atoms with E-state index in [1.54, 1.807) is 13.0 Å². The predicted molar refractivity (Wildman–Crippen MR) is 80.0 cm³/mol. The van der Waals surface area contributed by atoms with Crippen molar-refractivity contribution in [1.82, 2.24) is 4.31 Å². The van der Waals surface area contributed by atoms with Crippen LogP contribution in [0.25, 0.3) is 0 Å². The average Bonchev–Trinajstić information content (AvgIpc) is 2.32. The van der Waals surface area contributed by atoms with E-state index >= 15 is 0 Å². The third kappa shape index (κ3) is 3.12. The molecule has 0 bridgehead atoms. The molecule has 0 aromatic heterocycles. The highest BCUT2D eigenvalue weighted by molar-refractivity contribution is 7.89. The van der Waals surface area contributed by atoms with Crippen LogP contribution in [0.1, 0.15) is 19.4 Å². The van der Waals surface area contributed by atoms with Gasteiger partial charge in [-0.25, -0.2) is 8.42 Å². The van der Waals surface area contributed by atoms with E-state index in [0.717, 1.165) is 0 Å². The molecular formula is C13H17Cl2NO3S. The second kappa shape index (κ2) is 5.81. The fourth-order valence-corrected chi connectivity index (χ4v) is 4.64. The van der Waals surface area contributed by atoms with Crippen molar-refractivity contribution >= 4 is 33.2 Å². The maximum absolute atomic E-state index is 12.7. The summed E-state index contributed by atoms with van der Waals surface area (Å²) in [6, 6.07) is 2.99. The van der Waals surface area contributed by atoms with Crippen LogP contribution in [-0.4, -0.2) is 38.0 Å². The van der Waals surface area contributed by atoms with Gasteiger partial charge in [-0.15, -0.1) is 0 Å². The van der Waals surface area contributed by atoms with E-state index < -0.39 is 10.0 Å². The highest BCUT2D eigenvalue weighted by Crippen LogP contribution is 2.30. The molecule has 0 radical (unpaired) electrons. The molecule has 0 N–H and O–H groups in total. The molecule has 1 aliphatic heterocycles. The zero-order valence-corrected chi connectivity index (χ0v) is 13.9. The van der Waals surface area contributed by atoms with Gasteiger partial charge in [-0.2, -0.15) is 4.31 Å². The molecule has 0 aliphatic carbocycles. The molecule has 4 nitrogen and oxygen atoms in total. The molecule has 0 unspecified atom stereocenters. The number of nitrogens with zero attached hydrogens (tertiary/aromatic N) is 1. The fraction of sp³-hybridized carbons (Fsp3) is 0.538. The number of halogens is 2. The molecule has 1 aromatic carbocycles. The molecule has 2 rings (SSSR count). The quantitative estimate of drug-likeness (QED) is 0.832. The number of ether oxygens (including phenoxy) is 1. The molecule has 0 saturated carbocycles. The first-order valence-electron chi connectivity index (χ1n) is 6.33. The number of morpholine rings is 1. The lowest BCUT2D eigenvalue weighted by Crippen LogP contribution is -2.48. The third-order valence-corrected chi connectivity index (χ3v) is 5.92. The number of sulfonamides is 1. The fourth-order valence-electron chi connectivity index (χ4n) is 2.37. The SMILES string of the molecule is Cc1cc(Cl)c(Cl)cc1S(=O)(=O)N1C[C@@H](C)O[C@@H](C)C1. The Bertz CT molecular complexity index is 608. The van der Waals surface area contributed by atoms with Gasteiger partial charge in [-0.1, -0.05) is 23.2 Å². The van der Waals surface area contributed by atoms with E-state index in [2.05, 4.69) is 0 Å². The number of hydrogen-bond acceptors (Lipinski definition) is 3. The number of benzene rings is 1. The van der Waals surface area contributed by atoms with E-state index in [9.17, 15) is 8.42 Å². The van der Waals surface area contributed by atoms with Crippen LogP contribution in [0.15, 0.2) is 17.0 Å². The number of aryl methyl sites for hydroxylation is 1. The molecule has 1 fully saturated rings. The van der Waals surface area contributed by atoms with Gasteiger partial charge in [0.05, 0.1) is 27.1 Å². The lowest BCUT2D eigenvalue weighted by Gasteiger charge is -2.34. The topological polar surface area (TPSA) is 46.6 Å². The van der Waals surface area contributed by atoms with Crippen molar-refractivity contribution in [2.24, 2.45) is 0 Å². The van der Waals surface area contributed by atoms with Gasteiger partial charge in [-0.3, -0.25) is 0 Å². The Morgan fingerprint density at radius 3 is 2.20 bits per heavy atom. The Morgan fingerprint density at radius 1 is 1.15 bits per heavy atom. The maximum atomic E-state index is 12.7. The molecule has 0 spiro atoms. The summed E-state index contributed by atoms with van der Waals surface area (Å²) in [5, 5.41) is 0.594. The summed E-state index contributed by atoms with van der Waals surface area (Å²) in [7, 11) is -3.59. The minimum absolute atomic E-state index is 0.128. The predicted octanol–water partition coefficient (Wildman–Crippen LogP) is 3.10. The van der Waals surface area contributed by atoms with Gasteiger partial charge in [0, 0.05) is 13.1 Å². The molecule has 7 heteroatoms. The minimum atomic E-state index is -3.59.